The van der Waals surface area contributed by atoms with Crippen molar-refractivity contribution in [2.45, 2.75) is 170 Å². The summed E-state index contributed by atoms with van der Waals surface area (Å²) in [5, 5.41) is 18.9. The van der Waals surface area contributed by atoms with E-state index < -0.39 is 69.8 Å². The summed E-state index contributed by atoms with van der Waals surface area (Å²) in [6, 6.07) is 0.467. The van der Waals surface area contributed by atoms with E-state index in [4.69, 9.17) is 9.47 Å². The number of carboxylic acid groups (broad SMARTS) is 1. The van der Waals surface area contributed by atoms with Crippen LogP contribution in [-0.2, 0) is 34.8 Å². The van der Waals surface area contributed by atoms with Crippen LogP contribution in [0.1, 0.15) is 162 Å². The molecule has 16 heteroatoms. The van der Waals surface area contributed by atoms with Crippen LogP contribution in [0.25, 0.3) is 0 Å². The van der Waals surface area contributed by atoms with Gasteiger partial charge in [-0.15, -0.1) is 0 Å². The molecule has 3 N–H and O–H groups in total. The molecule has 2 amide bonds. The summed E-state index contributed by atoms with van der Waals surface area (Å²) in [7, 11) is 0. The van der Waals surface area contributed by atoms with Gasteiger partial charge in [-0.2, -0.15) is 23.0 Å². The number of hydrogen-bond donors (Lipinski definition) is 3. The lowest BCUT2D eigenvalue weighted by Gasteiger charge is -2.72. The van der Waals surface area contributed by atoms with Crippen molar-refractivity contribution >= 4 is 35.6 Å². The lowest BCUT2D eigenvalue weighted by atomic mass is 9.33. The second-order valence-corrected chi connectivity index (χ2v) is 23.1. The SMILES string of the molecule is CCOC(=O)n1nc(C(F)(F)F)cc1C(=O)NC1(C(=O)N[C@@]23CC[C@]4(C)[C@H](CC[C@@H]5[C@@]6(C)CC[C@H](OC(=O)[C@H]7C[C@@H](C(=O)O)C7(C)C)C(C)(C)[C@@H]6CC[C@]54C)C2=C(C(C)C)C(=O)C3)CC1. The average molecular weight is 913 g/mol. The minimum Gasteiger partial charge on any atom is -0.481 e. The van der Waals surface area contributed by atoms with Crippen molar-refractivity contribution in [1.29, 1.82) is 0 Å². The third-order valence-electron chi connectivity index (χ3n) is 19.0. The second-order valence-electron chi connectivity index (χ2n) is 23.1. The van der Waals surface area contributed by atoms with Gasteiger partial charge in [0, 0.05) is 17.9 Å². The molecule has 0 aromatic carbocycles. The van der Waals surface area contributed by atoms with Crippen molar-refractivity contribution in [2.24, 2.45) is 62.6 Å². The Morgan fingerprint density at radius 1 is 0.862 bits per heavy atom. The summed E-state index contributed by atoms with van der Waals surface area (Å²) >= 11 is 0. The van der Waals surface area contributed by atoms with Gasteiger partial charge in [0.05, 0.1) is 24.0 Å². The monoisotopic (exact) mass is 912 g/mol. The summed E-state index contributed by atoms with van der Waals surface area (Å²) in [5.74, 6) is -3.33. The minimum absolute atomic E-state index is 0.00668. The molecule has 0 saturated heterocycles. The van der Waals surface area contributed by atoms with Crippen molar-refractivity contribution in [3.8, 4) is 0 Å². The van der Waals surface area contributed by atoms with Crippen LogP contribution in [0.5, 0.6) is 0 Å². The number of hydrogen-bond acceptors (Lipinski definition) is 9. The summed E-state index contributed by atoms with van der Waals surface area (Å²) in [4.78, 5) is 80.6. The highest BCUT2D eigenvalue weighted by molar-refractivity contribution is 6.04. The molecule has 6 fully saturated rings. The van der Waals surface area contributed by atoms with Gasteiger partial charge >= 0.3 is 24.2 Å². The summed E-state index contributed by atoms with van der Waals surface area (Å²) in [6.45, 7) is 20.7. The Morgan fingerprint density at radius 3 is 2.12 bits per heavy atom. The molecule has 0 spiro atoms. The number of Topliss-reactive ketones (excluding diaryl/α,β-unsaturated/α-hetero) is 1. The molecule has 10 atom stereocenters. The number of ketones is 1. The number of halogens is 3. The predicted octanol–water partition coefficient (Wildman–Crippen LogP) is 8.68. The fraction of sp³-hybridized carbons (Fsp3) is 0.776. The molecular formula is C49H67F3N4O9. The number of amides is 2. The van der Waals surface area contributed by atoms with Crippen LogP contribution in [0.15, 0.2) is 17.2 Å². The van der Waals surface area contributed by atoms with Crippen LogP contribution in [0.2, 0.25) is 0 Å². The highest BCUT2D eigenvalue weighted by atomic mass is 19.4. The van der Waals surface area contributed by atoms with Crippen molar-refractivity contribution in [1.82, 2.24) is 20.4 Å². The topological polar surface area (TPSA) is 183 Å². The van der Waals surface area contributed by atoms with E-state index in [1.807, 2.05) is 27.7 Å². The third kappa shape index (κ3) is 6.92. The molecule has 1 aromatic rings. The molecule has 7 aliphatic carbocycles. The Balaban J connectivity index is 1.04. The normalized spacial score (nSPS) is 37.4. The highest BCUT2D eigenvalue weighted by Crippen LogP contribution is 2.76. The van der Waals surface area contributed by atoms with Gasteiger partial charge in [-0.25, -0.2) is 4.79 Å². The molecule has 13 nitrogen and oxygen atoms in total. The van der Waals surface area contributed by atoms with E-state index in [1.165, 1.54) is 6.92 Å². The van der Waals surface area contributed by atoms with Crippen molar-refractivity contribution < 1.29 is 56.5 Å². The van der Waals surface area contributed by atoms with E-state index >= 15 is 0 Å². The largest absolute Gasteiger partial charge is 0.481 e. The molecule has 358 valence electrons. The molecule has 0 unspecified atom stereocenters. The van der Waals surface area contributed by atoms with Crippen LogP contribution in [0, 0.1) is 62.6 Å². The van der Waals surface area contributed by atoms with Crippen LogP contribution in [-0.4, -0.2) is 74.3 Å². The number of carboxylic acids is 1. The smallest absolute Gasteiger partial charge is 0.435 e. The Morgan fingerprint density at radius 2 is 1.54 bits per heavy atom. The Hall–Kier alpha value is -4.24. The van der Waals surface area contributed by atoms with Crippen LogP contribution in [0.4, 0.5) is 18.0 Å². The first-order valence-corrected chi connectivity index (χ1v) is 23.7. The van der Waals surface area contributed by atoms with E-state index in [-0.39, 0.29) is 87.8 Å². The number of aliphatic carboxylic acids is 1. The molecule has 6 saturated carbocycles. The molecule has 1 heterocycles. The summed E-state index contributed by atoms with van der Waals surface area (Å²) in [6.07, 6.45) is 0.753. The maximum absolute atomic E-state index is 14.6. The number of carbonyl (C=O) groups excluding carboxylic acids is 5. The van der Waals surface area contributed by atoms with Crippen LogP contribution < -0.4 is 10.6 Å². The van der Waals surface area contributed by atoms with Crippen molar-refractivity contribution in [3.63, 3.8) is 0 Å². The van der Waals surface area contributed by atoms with Crippen molar-refractivity contribution in [2.75, 3.05) is 6.61 Å². The number of ether oxygens (including phenoxy) is 2. The maximum Gasteiger partial charge on any atom is 0.435 e. The van der Waals surface area contributed by atoms with Gasteiger partial charge in [-0.05, 0) is 134 Å². The average Bonchev–Trinajstić information content (AvgIpc) is 3.70. The number of esters is 1. The Bertz CT molecular complexity index is 2260. The van der Waals surface area contributed by atoms with Gasteiger partial charge < -0.3 is 25.2 Å². The van der Waals surface area contributed by atoms with Gasteiger partial charge in [-0.1, -0.05) is 62.3 Å². The van der Waals surface area contributed by atoms with E-state index in [0.29, 0.717) is 31.2 Å². The fourth-order valence-corrected chi connectivity index (χ4v) is 15.1. The molecule has 8 rings (SSSR count). The van der Waals surface area contributed by atoms with E-state index in [0.717, 1.165) is 49.7 Å². The van der Waals surface area contributed by atoms with Gasteiger partial charge in [0.25, 0.3) is 5.91 Å². The molecule has 7 aliphatic rings. The molecule has 0 aliphatic heterocycles. The number of rotatable bonds is 9. The summed E-state index contributed by atoms with van der Waals surface area (Å²) < 4.78 is 52.7. The number of allylic oxidation sites excluding steroid dienone is 1. The third-order valence-corrected chi connectivity index (χ3v) is 19.0. The zero-order chi connectivity index (χ0) is 47.8. The van der Waals surface area contributed by atoms with Gasteiger partial charge in [0.15, 0.2) is 11.5 Å². The maximum atomic E-state index is 14.6. The van der Waals surface area contributed by atoms with E-state index in [1.54, 1.807) is 0 Å². The summed E-state index contributed by atoms with van der Waals surface area (Å²) in [5.41, 5.74) is -4.33. The highest BCUT2D eigenvalue weighted by Gasteiger charge is 2.71. The van der Waals surface area contributed by atoms with Gasteiger partial charge in [0.1, 0.15) is 17.3 Å². The zero-order valence-corrected chi connectivity index (χ0v) is 39.6. The number of fused-ring (bicyclic) bond motifs is 7. The lowest BCUT2D eigenvalue weighted by Crippen LogP contribution is -2.68. The standard InChI is InChI=1S/C49H67F3N4O9/c1-11-64-41(63)56-29(23-33(55-56)49(50,51)52)37(58)53-47(20-21-47)40(62)54-48-19-18-45(9)26(36(48)35(25(2)3)30(57)24-48)12-13-32-44(8)16-15-34(43(6,7)31(44)14-17-46(32,45)10)65-39(61)28-22-27(38(59)60)42(28,4)5/h23,25-28,31-32,34H,11-22,24H2,1-10H3,(H,53,58)(H,54,62)(H,59,60)/t26-,27+,28-,31+,32-,34+,44+,45-,46-,48-/m1/s1. The molecule has 0 bridgehead atoms. The quantitative estimate of drug-likeness (QED) is 0.203. The number of nitrogens with one attached hydrogen (secondary N) is 2. The minimum atomic E-state index is -4.95. The van der Waals surface area contributed by atoms with Gasteiger partial charge in [-0.3, -0.25) is 24.0 Å². The first-order chi connectivity index (χ1) is 30.0. The number of carbonyl (C=O) groups is 6. The molecule has 65 heavy (non-hydrogen) atoms. The number of alkyl halides is 3. The first-order valence-electron chi connectivity index (χ1n) is 23.7. The van der Waals surface area contributed by atoms with Crippen LogP contribution >= 0.6 is 0 Å². The van der Waals surface area contributed by atoms with E-state index in [9.17, 15) is 47.0 Å². The predicted molar refractivity (Wildman–Crippen MR) is 230 cm³/mol. The number of aromatic nitrogens is 2. The van der Waals surface area contributed by atoms with Crippen LogP contribution in [0.3, 0.4) is 0 Å². The lowest BCUT2D eigenvalue weighted by molar-refractivity contribution is -0.235. The first kappa shape index (κ1) is 47.3. The number of nitrogens with zero attached hydrogens (tertiary/aromatic N) is 2. The zero-order valence-electron chi connectivity index (χ0n) is 39.6. The molecular weight excluding hydrogens is 846 g/mol. The fourth-order valence-electron chi connectivity index (χ4n) is 15.1. The van der Waals surface area contributed by atoms with E-state index in [2.05, 4.69) is 50.4 Å². The Kier molecular flexibility index (Phi) is 11.0. The van der Waals surface area contributed by atoms with Crippen molar-refractivity contribution in [3.05, 3.63) is 28.6 Å². The molecule has 1 aromatic heterocycles. The Labute approximate surface area is 379 Å². The molecule has 0 radical (unpaired) electrons. The van der Waals surface area contributed by atoms with Gasteiger partial charge in [0.2, 0.25) is 5.91 Å². The second kappa shape index (κ2) is 15.1.